The van der Waals surface area contributed by atoms with Crippen LogP contribution in [0.1, 0.15) is 18.3 Å². The minimum Gasteiger partial charge on any atom is -0.396 e. The third-order valence-corrected chi connectivity index (χ3v) is 5.16. The number of carbonyl (C=O) groups excluding carboxylic acids is 1. The Labute approximate surface area is 182 Å². The molecule has 0 atom stereocenters. The van der Waals surface area contributed by atoms with Crippen molar-refractivity contribution >= 4 is 17.5 Å². The van der Waals surface area contributed by atoms with Crippen LogP contribution in [0.4, 0.5) is 29.5 Å². The molecule has 0 aliphatic carbocycles. The van der Waals surface area contributed by atoms with Crippen LogP contribution in [-0.4, -0.2) is 39.0 Å². The Balaban J connectivity index is 1.34. The van der Waals surface area contributed by atoms with Crippen molar-refractivity contribution in [2.45, 2.75) is 19.3 Å². The van der Waals surface area contributed by atoms with E-state index in [0.29, 0.717) is 36.5 Å². The SMILES string of the molecule is CC(F)(F)c1ncc(CC2CN(C(=O)Nc3nc(-c4ccc(F)cc4)ccc3N)C2)cn1. The van der Waals surface area contributed by atoms with Crippen LogP contribution >= 0.6 is 0 Å². The van der Waals surface area contributed by atoms with Crippen LogP contribution in [0.3, 0.4) is 0 Å². The lowest BCUT2D eigenvalue weighted by Crippen LogP contribution is -2.52. The first-order valence-electron chi connectivity index (χ1n) is 9.96. The highest BCUT2D eigenvalue weighted by Gasteiger charge is 2.32. The number of rotatable bonds is 5. The second-order valence-corrected chi connectivity index (χ2v) is 7.85. The minimum absolute atomic E-state index is 0.174. The Kier molecular flexibility index (Phi) is 5.68. The number of halogens is 3. The van der Waals surface area contributed by atoms with Crippen molar-refractivity contribution in [1.29, 1.82) is 0 Å². The fourth-order valence-corrected chi connectivity index (χ4v) is 3.42. The summed E-state index contributed by atoms with van der Waals surface area (Å²) >= 11 is 0. The van der Waals surface area contributed by atoms with Crippen LogP contribution in [0.25, 0.3) is 11.3 Å². The van der Waals surface area contributed by atoms with E-state index >= 15 is 0 Å². The van der Waals surface area contributed by atoms with Crippen LogP contribution in [0.5, 0.6) is 0 Å². The summed E-state index contributed by atoms with van der Waals surface area (Å²) in [6, 6.07) is 8.84. The first-order chi connectivity index (χ1) is 15.2. The van der Waals surface area contributed by atoms with Gasteiger partial charge in [0.05, 0.1) is 11.4 Å². The number of likely N-dealkylation sites (tertiary alicyclic amines) is 1. The smallest absolute Gasteiger partial charge is 0.323 e. The summed E-state index contributed by atoms with van der Waals surface area (Å²) in [5, 5.41) is 2.71. The zero-order chi connectivity index (χ0) is 22.9. The van der Waals surface area contributed by atoms with E-state index in [0.717, 1.165) is 12.5 Å². The predicted molar refractivity (Wildman–Crippen MR) is 113 cm³/mol. The van der Waals surface area contributed by atoms with Gasteiger partial charge in [0.2, 0.25) is 0 Å². The van der Waals surface area contributed by atoms with E-state index in [2.05, 4.69) is 20.3 Å². The summed E-state index contributed by atoms with van der Waals surface area (Å²) in [5.41, 5.74) is 8.24. The van der Waals surface area contributed by atoms with Gasteiger partial charge in [-0.1, -0.05) is 0 Å². The fourth-order valence-electron chi connectivity index (χ4n) is 3.42. The lowest BCUT2D eigenvalue weighted by atomic mass is 9.94. The summed E-state index contributed by atoms with van der Waals surface area (Å²) in [4.78, 5) is 26.0. The molecule has 0 spiro atoms. The van der Waals surface area contributed by atoms with Crippen molar-refractivity contribution in [2.75, 3.05) is 24.1 Å². The second kappa shape index (κ2) is 8.45. The standard InChI is InChI=1S/C22H21F3N6O/c1-22(24,25)20-27-9-13(10-28-20)8-14-11-31(12-14)21(32)30-19-17(26)6-7-18(29-19)15-2-4-16(23)5-3-15/h2-7,9-10,14H,8,11-12,26H2,1H3,(H,29,30,32). The number of hydrogen-bond acceptors (Lipinski definition) is 5. The highest BCUT2D eigenvalue weighted by molar-refractivity contribution is 5.92. The first kappa shape index (κ1) is 21.5. The van der Waals surface area contributed by atoms with Gasteiger partial charge in [0, 0.05) is 38.0 Å². The molecule has 0 saturated carbocycles. The molecule has 2 amide bonds. The molecule has 3 N–H and O–H groups in total. The van der Waals surface area contributed by atoms with E-state index in [1.807, 2.05) is 0 Å². The molecule has 7 nitrogen and oxygen atoms in total. The average molecular weight is 442 g/mol. The first-order valence-corrected chi connectivity index (χ1v) is 9.96. The molecular formula is C22H21F3N6O. The Bertz CT molecular complexity index is 1110. The molecule has 0 bridgehead atoms. The number of anilines is 2. The maximum absolute atomic E-state index is 13.2. The molecule has 3 heterocycles. The molecule has 0 radical (unpaired) electrons. The summed E-state index contributed by atoms with van der Waals surface area (Å²) in [5.74, 6) is -3.54. The summed E-state index contributed by atoms with van der Waals surface area (Å²) in [6.45, 7) is 1.74. The molecule has 1 aliphatic heterocycles. The van der Waals surface area contributed by atoms with Gasteiger partial charge in [-0.3, -0.25) is 5.32 Å². The number of benzene rings is 1. The molecule has 2 aromatic heterocycles. The largest absolute Gasteiger partial charge is 0.396 e. The van der Waals surface area contributed by atoms with Gasteiger partial charge in [-0.2, -0.15) is 8.78 Å². The van der Waals surface area contributed by atoms with E-state index in [4.69, 9.17) is 5.73 Å². The number of carbonyl (C=O) groups is 1. The van der Waals surface area contributed by atoms with E-state index in [9.17, 15) is 18.0 Å². The zero-order valence-corrected chi connectivity index (χ0v) is 17.2. The maximum Gasteiger partial charge on any atom is 0.323 e. The maximum atomic E-state index is 13.2. The van der Waals surface area contributed by atoms with Crippen LogP contribution in [0.15, 0.2) is 48.8 Å². The molecular weight excluding hydrogens is 421 g/mol. The Morgan fingerprint density at radius 2 is 1.81 bits per heavy atom. The highest BCUT2D eigenvalue weighted by atomic mass is 19.3. The lowest BCUT2D eigenvalue weighted by Gasteiger charge is -2.39. The molecule has 1 aliphatic rings. The summed E-state index contributed by atoms with van der Waals surface area (Å²) in [7, 11) is 0. The van der Waals surface area contributed by atoms with Gasteiger partial charge in [0.25, 0.3) is 0 Å². The van der Waals surface area contributed by atoms with Crippen LogP contribution < -0.4 is 11.1 Å². The number of nitrogens with zero attached hydrogens (tertiary/aromatic N) is 4. The molecule has 1 fully saturated rings. The van der Waals surface area contributed by atoms with Gasteiger partial charge in [-0.25, -0.2) is 24.1 Å². The Morgan fingerprint density at radius 1 is 1.16 bits per heavy atom. The molecule has 4 rings (SSSR count). The molecule has 10 heteroatoms. The number of amides is 2. The third-order valence-electron chi connectivity index (χ3n) is 5.16. The van der Waals surface area contributed by atoms with Crippen LogP contribution in [0, 0.1) is 11.7 Å². The van der Waals surface area contributed by atoms with Crippen molar-refractivity contribution in [3.63, 3.8) is 0 Å². The van der Waals surface area contributed by atoms with Crippen molar-refractivity contribution in [2.24, 2.45) is 5.92 Å². The summed E-state index contributed by atoms with van der Waals surface area (Å²) in [6.07, 6.45) is 3.38. The van der Waals surface area contributed by atoms with E-state index < -0.39 is 11.7 Å². The number of nitrogen functional groups attached to an aromatic ring is 1. The fraction of sp³-hybridized carbons (Fsp3) is 0.273. The number of nitrogens with one attached hydrogen (secondary N) is 1. The van der Waals surface area contributed by atoms with Gasteiger partial charge in [0.15, 0.2) is 11.6 Å². The van der Waals surface area contributed by atoms with Crippen molar-refractivity contribution in [1.82, 2.24) is 19.9 Å². The van der Waals surface area contributed by atoms with Gasteiger partial charge in [0.1, 0.15) is 5.82 Å². The highest BCUT2D eigenvalue weighted by Crippen LogP contribution is 2.26. The molecule has 166 valence electrons. The average Bonchev–Trinajstić information content (AvgIpc) is 2.72. The van der Waals surface area contributed by atoms with Crippen molar-refractivity contribution in [3.05, 3.63) is 66.0 Å². The van der Waals surface area contributed by atoms with E-state index in [1.54, 1.807) is 29.2 Å². The van der Waals surface area contributed by atoms with Crippen LogP contribution in [0.2, 0.25) is 0 Å². The van der Waals surface area contributed by atoms with Gasteiger partial charge >= 0.3 is 12.0 Å². The molecule has 3 aromatic rings. The number of hydrogen-bond donors (Lipinski definition) is 2. The number of urea groups is 1. The summed E-state index contributed by atoms with van der Waals surface area (Å²) < 4.78 is 39.6. The van der Waals surface area contributed by atoms with Crippen LogP contribution in [-0.2, 0) is 12.3 Å². The topological polar surface area (TPSA) is 97.0 Å². The van der Waals surface area contributed by atoms with E-state index in [1.165, 1.54) is 24.5 Å². The zero-order valence-electron chi connectivity index (χ0n) is 17.2. The van der Waals surface area contributed by atoms with Crippen molar-refractivity contribution < 1.29 is 18.0 Å². The Hall–Kier alpha value is -3.69. The molecule has 1 saturated heterocycles. The van der Waals surface area contributed by atoms with Gasteiger partial charge in [-0.15, -0.1) is 0 Å². The molecule has 32 heavy (non-hydrogen) atoms. The number of alkyl halides is 2. The number of nitrogens with two attached hydrogens (primary N) is 1. The van der Waals surface area contributed by atoms with Gasteiger partial charge < -0.3 is 10.6 Å². The molecule has 1 aromatic carbocycles. The Morgan fingerprint density at radius 3 is 2.44 bits per heavy atom. The predicted octanol–water partition coefficient (Wildman–Crippen LogP) is 4.08. The van der Waals surface area contributed by atoms with E-state index in [-0.39, 0.29) is 23.6 Å². The normalized spacial score (nSPS) is 14.2. The lowest BCUT2D eigenvalue weighted by molar-refractivity contribution is 0.00758. The third kappa shape index (κ3) is 4.79. The monoisotopic (exact) mass is 442 g/mol. The number of aromatic nitrogens is 3. The number of pyridine rings is 1. The van der Waals surface area contributed by atoms with Crippen molar-refractivity contribution in [3.8, 4) is 11.3 Å². The minimum atomic E-state index is -3.08. The van der Waals surface area contributed by atoms with Gasteiger partial charge in [-0.05, 0) is 54.3 Å². The second-order valence-electron chi connectivity index (χ2n) is 7.85. The molecule has 0 unspecified atom stereocenters. The quantitative estimate of drug-likeness (QED) is 0.621.